The highest BCUT2D eigenvalue weighted by Crippen LogP contribution is 2.28. The van der Waals surface area contributed by atoms with E-state index < -0.39 is 0 Å². The first-order chi connectivity index (χ1) is 8.58. The van der Waals surface area contributed by atoms with Gasteiger partial charge in [0.1, 0.15) is 0 Å². The van der Waals surface area contributed by atoms with Crippen molar-refractivity contribution in [2.24, 2.45) is 5.73 Å². The van der Waals surface area contributed by atoms with Crippen molar-refractivity contribution in [2.75, 3.05) is 0 Å². The molecule has 1 atom stereocenters. The van der Waals surface area contributed by atoms with Crippen molar-refractivity contribution in [1.29, 1.82) is 0 Å². The van der Waals surface area contributed by atoms with Gasteiger partial charge in [0.25, 0.3) is 0 Å². The van der Waals surface area contributed by atoms with Gasteiger partial charge in [0, 0.05) is 33.0 Å². The SMILES string of the molecule is NC(Cc1c(Cl)cccc1Cl)c1cncc(Br)c1. The van der Waals surface area contributed by atoms with Crippen LogP contribution in [0.2, 0.25) is 10.0 Å². The summed E-state index contributed by atoms with van der Waals surface area (Å²) in [6.07, 6.45) is 4.05. The molecule has 1 unspecified atom stereocenters. The lowest BCUT2D eigenvalue weighted by atomic mass is 10.0. The van der Waals surface area contributed by atoms with E-state index in [9.17, 15) is 0 Å². The van der Waals surface area contributed by atoms with Crippen LogP contribution in [0.15, 0.2) is 41.1 Å². The quantitative estimate of drug-likeness (QED) is 0.895. The molecule has 0 amide bonds. The molecule has 0 aliphatic rings. The van der Waals surface area contributed by atoms with Crippen molar-refractivity contribution in [3.8, 4) is 0 Å². The second-order valence-corrected chi connectivity index (χ2v) is 5.68. The molecule has 0 aliphatic carbocycles. The highest BCUT2D eigenvalue weighted by molar-refractivity contribution is 9.10. The van der Waals surface area contributed by atoms with E-state index in [2.05, 4.69) is 20.9 Å². The van der Waals surface area contributed by atoms with Gasteiger partial charge in [0.2, 0.25) is 0 Å². The molecule has 2 rings (SSSR count). The molecule has 2 N–H and O–H groups in total. The van der Waals surface area contributed by atoms with E-state index in [1.807, 2.05) is 24.3 Å². The van der Waals surface area contributed by atoms with Gasteiger partial charge in [-0.1, -0.05) is 29.3 Å². The van der Waals surface area contributed by atoms with Crippen LogP contribution >= 0.6 is 39.1 Å². The number of benzene rings is 1. The Balaban J connectivity index is 2.24. The van der Waals surface area contributed by atoms with E-state index in [-0.39, 0.29) is 6.04 Å². The highest BCUT2D eigenvalue weighted by atomic mass is 79.9. The summed E-state index contributed by atoms with van der Waals surface area (Å²) in [6.45, 7) is 0. The summed E-state index contributed by atoms with van der Waals surface area (Å²) in [5, 5.41) is 1.28. The summed E-state index contributed by atoms with van der Waals surface area (Å²) in [5.41, 5.74) is 7.97. The van der Waals surface area contributed by atoms with Crippen LogP contribution in [0.25, 0.3) is 0 Å². The van der Waals surface area contributed by atoms with Crippen LogP contribution in [0, 0.1) is 0 Å². The fraction of sp³-hybridized carbons (Fsp3) is 0.154. The van der Waals surface area contributed by atoms with Gasteiger partial charge < -0.3 is 5.73 Å². The van der Waals surface area contributed by atoms with Gasteiger partial charge in [-0.2, -0.15) is 0 Å². The highest BCUT2D eigenvalue weighted by Gasteiger charge is 2.13. The first-order valence-electron chi connectivity index (χ1n) is 5.37. The Morgan fingerprint density at radius 2 is 1.89 bits per heavy atom. The topological polar surface area (TPSA) is 38.9 Å². The lowest BCUT2D eigenvalue weighted by Gasteiger charge is -2.14. The lowest BCUT2D eigenvalue weighted by molar-refractivity contribution is 0.717. The van der Waals surface area contributed by atoms with Crippen LogP contribution < -0.4 is 5.73 Å². The predicted octanol–water partition coefficient (Wildman–Crippen LogP) is 4.39. The molecule has 2 nitrogen and oxygen atoms in total. The monoisotopic (exact) mass is 344 g/mol. The van der Waals surface area contributed by atoms with Crippen LogP contribution in [0.5, 0.6) is 0 Å². The fourth-order valence-corrected chi connectivity index (χ4v) is 2.63. The van der Waals surface area contributed by atoms with Gasteiger partial charge in [-0.3, -0.25) is 4.98 Å². The summed E-state index contributed by atoms with van der Waals surface area (Å²) in [4.78, 5) is 4.10. The Labute approximate surface area is 124 Å². The maximum Gasteiger partial charge on any atom is 0.0453 e. The first kappa shape index (κ1) is 13.8. The van der Waals surface area contributed by atoms with Crippen molar-refractivity contribution in [3.05, 3.63) is 62.3 Å². The standard InChI is InChI=1S/C13H11BrCl2N2/c14-9-4-8(6-18-7-9)13(17)5-10-11(15)2-1-3-12(10)16/h1-4,6-7,13H,5,17H2. The predicted molar refractivity (Wildman–Crippen MR) is 79.0 cm³/mol. The van der Waals surface area contributed by atoms with E-state index in [0.29, 0.717) is 16.5 Å². The number of halogens is 3. The molecule has 1 aromatic carbocycles. The number of rotatable bonds is 3. The fourth-order valence-electron chi connectivity index (χ4n) is 1.70. The minimum Gasteiger partial charge on any atom is -0.324 e. The van der Waals surface area contributed by atoms with Crippen LogP contribution in [0.3, 0.4) is 0 Å². The molecule has 18 heavy (non-hydrogen) atoms. The number of hydrogen-bond donors (Lipinski definition) is 1. The number of aromatic nitrogens is 1. The molecule has 0 fully saturated rings. The first-order valence-corrected chi connectivity index (χ1v) is 6.91. The minimum absolute atomic E-state index is 0.188. The lowest BCUT2D eigenvalue weighted by Crippen LogP contribution is -2.14. The second-order valence-electron chi connectivity index (χ2n) is 3.95. The van der Waals surface area contributed by atoms with Crippen molar-refractivity contribution in [3.63, 3.8) is 0 Å². The van der Waals surface area contributed by atoms with E-state index in [1.54, 1.807) is 12.4 Å². The van der Waals surface area contributed by atoms with Crippen molar-refractivity contribution < 1.29 is 0 Å². The van der Waals surface area contributed by atoms with Gasteiger partial charge in [-0.15, -0.1) is 0 Å². The van der Waals surface area contributed by atoms with Crippen LogP contribution in [-0.4, -0.2) is 4.98 Å². The van der Waals surface area contributed by atoms with Crippen molar-refractivity contribution in [2.45, 2.75) is 12.5 Å². The smallest absolute Gasteiger partial charge is 0.0453 e. The van der Waals surface area contributed by atoms with Crippen LogP contribution in [0.4, 0.5) is 0 Å². The Bertz CT molecular complexity index is 540. The molecule has 0 saturated heterocycles. The van der Waals surface area contributed by atoms with Crippen molar-refractivity contribution in [1.82, 2.24) is 4.98 Å². The normalized spacial score (nSPS) is 12.4. The molecule has 5 heteroatoms. The van der Waals surface area contributed by atoms with E-state index in [0.717, 1.165) is 15.6 Å². The van der Waals surface area contributed by atoms with Gasteiger partial charge >= 0.3 is 0 Å². The molecule has 1 aromatic heterocycles. The molecule has 94 valence electrons. The van der Waals surface area contributed by atoms with E-state index in [1.165, 1.54) is 0 Å². The van der Waals surface area contributed by atoms with Gasteiger partial charge in [0.05, 0.1) is 0 Å². The number of nitrogens with zero attached hydrogens (tertiary/aromatic N) is 1. The molecule has 1 heterocycles. The summed E-state index contributed by atoms with van der Waals surface area (Å²) in [6, 6.07) is 7.21. The largest absolute Gasteiger partial charge is 0.324 e. The zero-order valence-electron chi connectivity index (χ0n) is 9.41. The minimum atomic E-state index is -0.188. The zero-order valence-corrected chi connectivity index (χ0v) is 12.5. The summed E-state index contributed by atoms with van der Waals surface area (Å²) in [7, 11) is 0. The third-order valence-electron chi connectivity index (χ3n) is 2.64. The summed E-state index contributed by atoms with van der Waals surface area (Å²) >= 11 is 15.6. The third kappa shape index (κ3) is 3.23. The third-order valence-corrected chi connectivity index (χ3v) is 3.78. The van der Waals surface area contributed by atoms with Gasteiger partial charge in [-0.25, -0.2) is 0 Å². The maximum absolute atomic E-state index is 6.16. The molecule has 2 aromatic rings. The number of nitrogens with two attached hydrogens (primary N) is 1. The van der Waals surface area contributed by atoms with Crippen LogP contribution in [0.1, 0.15) is 17.2 Å². The van der Waals surface area contributed by atoms with Crippen LogP contribution in [-0.2, 0) is 6.42 Å². The molecule has 0 radical (unpaired) electrons. The molecule has 0 bridgehead atoms. The molecule has 0 aliphatic heterocycles. The Kier molecular flexibility index (Phi) is 4.62. The van der Waals surface area contributed by atoms with E-state index in [4.69, 9.17) is 28.9 Å². The van der Waals surface area contributed by atoms with Crippen molar-refractivity contribution >= 4 is 39.1 Å². The Hall–Kier alpha value is -0.610. The average molecular weight is 346 g/mol. The number of pyridine rings is 1. The Morgan fingerprint density at radius 3 is 2.50 bits per heavy atom. The average Bonchev–Trinajstić information content (AvgIpc) is 2.34. The molecular formula is C13H11BrCl2N2. The molecule has 0 saturated carbocycles. The van der Waals surface area contributed by atoms with Gasteiger partial charge in [0.15, 0.2) is 0 Å². The number of hydrogen-bond acceptors (Lipinski definition) is 2. The molecular weight excluding hydrogens is 335 g/mol. The summed E-state index contributed by atoms with van der Waals surface area (Å²) in [5.74, 6) is 0. The second kappa shape index (κ2) is 6.02. The molecule has 0 spiro atoms. The van der Waals surface area contributed by atoms with E-state index >= 15 is 0 Å². The maximum atomic E-state index is 6.16. The zero-order chi connectivity index (χ0) is 13.1. The van der Waals surface area contributed by atoms with Gasteiger partial charge in [-0.05, 0) is 51.7 Å². The Morgan fingerprint density at radius 1 is 1.22 bits per heavy atom. The summed E-state index contributed by atoms with van der Waals surface area (Å²) < 4.78 is 0.903.